The van der Waals surface area contributed by atoms with E-state index >= 15 is 0 Å². The first kappa shape index (κ1) is 16.8. The number of rotatable bonds is 3. The number of para-hydroxylation sites is 2. The second-order valence-corrected chi connectivity index (χ2v) is 6.98. The van der Waals surface area contributed by atoms with E-state index < -0.39 is 17.8 Å². The van der Waals surface area contributed by atoms with Crippen LogP contribution >= 0.6 is 0 Å². The van der Waals surface area contributed by atoms with Crippen LogP contribution in [0, 0.1) is 0 Å². The van der Waals surface area contributed by atoms with Gasteiger partial charge in [-0.05, 0) is 31.4 Å². The third-order valence-corrected chi connectivity index (χ3v) is 5.56. The fourth-order valence-electron chi connectivity index (χ4n) is 4.13. The van der Waals surface area contributed by atoms with Gasteiger partial charge < -0.3 is 29.5 Å². The van der Waals surface area contributed by atoms with Gasteiger partial charge in [-0.25, -0.2) is 4.98 Å². The van der Waals surface area contributed by atoms with Gasteiger partial charge in [0, 0.05) is 19.6 Å². The smallest absolute Gasteiger partial charge is 0.206 e. The summed E-state index contributed by atoms with van der Waals surface area (Å²) in [6.07, 6.45) is 0.235. The van der Waals surface area contributed by atoms with Crippen molar-refractivity contribution in [2.75, 3.05) is 31.2 Å². The summed E-state index contributed by atoms with van der Waals surface area (Å²) < 4.78 is 7.95. The van der Waals surface area contributed by atoms with E-state index in [0.717, 1.165) is 17.0 Å². The highest BCUT2D eigenvalue weighted by atomic mass is 16.5. The van der Waals surface area contributed by atoms with Gasteiger partial charge in [-0.2, -0.15) is 0 Å². The van der Waals surface area contributed by atoms with Gasteiger partial charge in [0.25, 0.3) is 0 Å². The Hall–Kier alpha value is -1.67. The normalized spacial score (nSPS) is 26.4. The van der Waals surface area contributed by atoms with E-state index in [4.69, 9.17) is 9.72 Å². The number of hydrogen-bond donors (Lipinski definition) is 3. The van der Waals surface area contributed by atoms with E-state index in [-0.39, 0.29) is 6.61 Å². The monoisotopic (exact) mass is 347 g/mol. The number of nitrogens with zero attached hydrogens (tertiary/aromatic N) is 3. The molecule has 2 aliphatic rings. The van der Waals surface area contributed by atoms with Gasteiger partial charge in [0.1, 0.15) is 6.10 Å². The second-order valence-electron chi connectivity index (χ2n) is 6.98. The molecule has 2 saturated heterocycles. The Balaban J connectivity index is 1.58. The Labute approximate surface area is 146 Å². The number of piperidine rings is 1. The number of aliphatic hydroxyl groups is 3. The summed E-state index contributed by atoms with van der Waals surface area (Å²) in [5.41, 5.74) is 1.27. The highest BCUT2D eigenvalue weighted by Crippen LogP contribution is 2.37. The van der Waals surface area contributed by atoms with E-state index in [1.54, 1.807) is 0 Å². The number of hydrogen-bond acceptors (Lipinski definition) is 6. The molecule has 7 nitrogen and oxygen atoms in total. The predicted molar refractivity (Wildman–Crippen MR) is 93.6 cm³/mol. The highest BCUT2D eigenvalue weighted by molar-refractivity contribution is 5.78. The molecule has 3 N–H and O–H groups in total. The Morgan fingerprint density at radius 2 is 1.96 bits per heavy atom. The summed E-state index contributed by atoms with van der Waals surface area (Å²) in [4.78, 5) is 6.93. The molecule has 136 valence electrons. The van der Waals surface area contributed by atoms with Crippen LogP contribution in [0.2, 0.25) is 0 Å². The van der Waals surface area contributed by atoms with Gasteiger partial charge in [0.05, 0.1) is 36.0 Å². The molecule has 2 atom stereocenters. The van der Waals surface area contributed by atoms with Crippen LogP contribution in [0.15, 0.2) is 24.3 Å². The van der Waals surface area contributed by atoms with Crippen LogP contribution in [0.1, 0.15) is 19.3 Å². The quantitative estimate of drug-likeness (QED) is 0.749. The van der Waals surface area contributed by atoms with Crippen molar-refractivity contribution < 1.29 is 20.1 Å². The molecule has 0 saturated carbocycles. The molecule has 0 amide bonds. The Morgan fingerprint density at radius 3 is 2.72 bits per heavy atom. The number of imidazole rings is 1. The first-order chi connectivity index (χ1) is 12.1. The molecule has 0 aliphatic carbocycles. The molecular formula is C18H25N3O4. The van der Waals surface area contributed by atoms with Crippen LogP contribution in [0.4, 0.5) is 5.95 Å². The van der Waals surface area contributed by atoms with Gasteiger partial charge in [-0.3, -0.25) is 0 Å². The minimum absolute atomic E-state index is 0.0547. The van der Waals surface area contributed by atoms with Crippen LogP contribution in [0.5, 0.6) is 0 Å². The predicted octanol–water partition coefficient (Wildman–Crippen LogP) is 0.510. The lowest BCUT2D eigenvalue weighted by atomic mass is 9.81. The fraction of sp³-hybridized carbons (Fsp3) is 0.611. The standard InChI is InChI=1S/C18H25N3O4/c22-11-10-21-14-4-2-1-3-13(14)19-17(21)20-8-6-18(7-9-20)16(24)15(23)5-12-25-18/h1-4,15-16,22-24H,5-12H2/t15-,16-/m0/s1. The molecule has 2 aliphatic heterocycles. The Bertz CT molecular complexity index is 739. The summed E-state index contributed by atoms with van der Waals surface area (Å²) in [7, 11) is 0. The van der Waals surface area contributed by atoms with Crippen molar-refractivity contribution in [1.29, 1.82) is 0 Å². The first-order valence-corrected chi connectivity index (χ1v) is 8.96. The molecule has 1 spiro atoms. The molecular weight excluding hydrogens is 322 g/mol. The van der Waals surface area contributed by atoms with Gasteiger partial charge in [-0.1, -0.05) is 12.1 Å². The SMILES string of the molecule is OCCn1c(N2CCC3(CC2)OCC[C@H](O)[C@@H]3O)nc2ccccc21. The van der Waals surface area contributed by atoms with Crippen molar-refractivity contribution in [3.63, 3.8) is 0 Å². The summed E-state index contributed by atoms with van der Waals surface area (Å²) in [6, 6.07) is 7.92. The highest BCUT2D eigenvalue weighted by Gasteiger charge is 2.47. The summed E-state index contributed by atoms with van der Waals surface area (Å²) in [5, 5.41) is 29.9. The van der Waals surface area contributed by atoms with Crippen LogP contribution < -0.4 is 4.90 Å². The number of anilines is 1. The van der Waals surface area contributed by atoms with Crippen molar-refractivity contribution in [2.45, 2.75) is 43.6 Å². The molecule has 7 heteroatoms. The maximum absolute atomic E-state index is 10.4. The van der Waals surface area contributed by atoms with E-state index in [9.17, 15) is 15.3 Å². The van der Waals surface area contributed by atoms with Crippen LogP contribution in [-0.2, 0) is 11.3 Å². The molecule has 0 unspecified atom stereocenters. The number of benzene rings is 1. The molecule has 25 heavy (non-hydrogen) atoms. The van der Waals surface area contributed by atoms with Gasteiger partial charge in [0.15, 0.2) is 0 Å². The van der Waals surface area contributed by atoms with E-state index in [1.807, 2.05) is 28.8 Å². The molecule has 2 fully saturated rings. The number of fused-ring (bicyclic) bond motifs is 1. The van der Waals surface area contributed by atoms with Crippen LogP contribution in [0.25, 0.3) is 11.0 Å². The summed E-state index contributed by atoms with van der Waals surface area (Å²) >= 11 is 0. The molecule has 1 aromatic heterocycles. The van der Waals surface area contributed by atoms with E-state index in [2.05, 4.69) is 4.90 Å². The number of aliphatic hydroxyl groups excluding tert-OH is 3. The minimum atomic E-state index is -0.834. The molecule has 0 bridgehead atoms. The van der Waals surface area contributed by atoms with Crippen LogP contribution in [-0.4, -0.2) is 69.0 Å². The molecule has 0 radical (unpaired) electrons. The van der Waals surface area contributed by atoms with Gasteiger partial charge in [0.2, 0.25) is 5.95 Å². The average molecular weight is 347 g/mol. The second kappa shape index (κ2) is 6.57. The van der Waals surface area contributed by atoms with Crippen molar-refractivity contribution in [3.05, 3.63) is 24.3 Å². The molecule has 2 aromatic rings. The van der Waals surface area contributed by atoms with Crippen molar-refractivity contribution in [3.8, 4) is 0 Å². The zero-order valence-electron chi connectivity index (χ0n) is 14.2. The zero-order chi connectivity index (χ0) is 17.4. The lowest BCUT2D eigenvalue weighted by Crippen LogP contribution is -2.60. The van der Waals surface area contributed by atoms with Crippen LogP contribution in [0.3, 0.4) is 0 Å². The zero-order valence-corrected chi connectivity index (χ0v) is 14.2. The average Bonchev–Trinajstić information content (AvgIpc) is 3.00. The Kier molecular flexibility index (Phi) is 4.41. The molecule has 1 aromatic carbocycles. The summed E-state index contributed by atoms with van der Waals surface area (Å²) in [5.74, 6) is 0.843. The van der Waals surface area contributed by atoms with Crippen molar-refractivity contribution in [2.24, 2.45) is 0 Å². The third-order valence-electron chi connectivity index (χ3n) is 5.56. The molecule has 3 heterocycles. The fourth-order valence-corrected chi connectivity index (χ4v) is 4.13. The van der Waals surface area contributed by atoms with E-state index in [0.29, 0.717) is 45.5 Å². The number of aromatic nitrogens is 2. The van der Waals surface area contributed by atoms with Gasteiger partial charge >= 0.3 is 0 Å². The van der Waals surface area contributed by atoms with Crippen molar-refractivity contribution in [1.82, 2.24) is 9.55 Å². The largest absolute Gasteiger partial charge is 0.395 e. The summed E-state index contributed by atoms with van der Waals surface area (Å²) in [6.45, 7) is 2.42. The van der Waals surface area contributed by atoms with E-state index in [1.165, 1.54) is 0 Å². The minimum Gasteiger partial charge on any atom is -0.395 e. The topological polar surface area (TPSA) is 91.0 Å². The number of ether oxygens (including phenoxy) is 1. The maximum Gasteiger partial charge on any atom is 0.206 e. The first-order valence-electron chi connectivity index (χ1n) is 8.96. The van der Waals surface area contributed by atoms with Gasteiger partial charge in [-0.15, -0.1) is 0 Å². The lowest BCUT2D eigenvalue weighted by molar-refractivity contribution is -0.205. The maximum atomic E-state index is 10.4. The molecule has 4 rings (SSSR count). The third kappa shape index (κ3) is 2.81. The van der Waals surface area contributed by atoms with Crippen molar-refractivity contribution >= 4 is 17.0 Å². The lowest BCUT2D eigenvalue weighted by Gasteiger charge is -2.48. The Morgan fingerprint density at radius 1 is 1.20 bits per heavy atom.